The number of rotatable bonds is 2. The minimum atomic E-state index is -1.29. The lowest BCUT2D eigenvalue weighted by molar-refractivity contribution is -0.420. The fourth-order valence-corrected chi connectivity index (χ4v) is 8.40. The zero-order valence-electron chi connectivity index (χ0n) is 19.3. The van der Waals surface area contributed by atoms with Crippen molar-refractivity contribution in [3.05, 3.63) is 23.8 Å². The van der Waals surface area contributed by atoms with Gasteiger partial charge in [0, 0.05) is 24.4 Å². The summed E-state index contributed by atoms with van der Waals surface area (Å²) in [6.45, 7) is 8.03. The number of ketones is 2. The largest absolute Gasteiger partial charge is 0.391 e. The number of aliphatic hydroxyl groups is 1. The molecule has 0 aromatic carbocycles. The Kier molecular flexibility index (Phi) is 4.96. The molecule has 5 rings (SSSR count). The summed E-state index contributed by atoms with van der Waals surface area (Å²) < 4.78 is 17.8. The Morgan fingerprint density at radius 3 is 2.69 bits per heavy atom. The quantitative estimate of drug-likeness (QED) is 0.627. The minimum absolute atomic E-state index is 0.0186. The second kappa shape index (κ2) is 6.98. The monoisotopic (exact) mass is 464 g/mol. The molecule has 1 unspecified atom stereocenters. The molecule has 4 aliphatic carbocycles. The molecule has 3 saturated carbocycles. The van der Waals surface area contributed by atoms with Crippen LogP contribution in [0, 0.1) is 22.7 Å². The number of allylic oxidation sites excluding steroid dienone is 4. The molecule has 4 fully saturated rings. The van der Waals surface area contributed by atoms with Gasteiger partial charge in [-0.25, -0.2) is 0 Å². The molecule has 0 bridgehead atoms. The number of carbonyl (C=O) groups excluding carboxylic acids is 2. The highest BCUT2D eigenvalue weighted by Crippen LogP contribution is 2.71. The normalized spacial score (nSPS) is 52.4. The first kappa shape index (κ1) is 22.7. The van der Waals surface area contributed by atoms with Crippen molar-refractivity contribution in [2.75, 3.05) is 13.2 Å². The number of hydrogen-bond donors (Lipinski definition) is 1. The van der Waals surface area contributed by atoms with Crippen LogP contribution in [0.15, 0.2) is 23.8 Å². The van der Waals surface area contributed by atoms with Gasteiger partial charge in [0.2, 0.25) is 0 Å². The molecule has 6 nitrogen and oxygen atoms in total. The third kappa shape index (κ3) is 2.62. The lowest BCUT2D eigenvalue weighted by Crippen LogP contribution is -2.71. The van der Waals surface area contributed by atoms with Crippen molar-refractivity contribution < 1.29 is 28.9 Å². The maximum absolute atomic E-state index is 13.4. The van der Waals surface area contributed by atoms with Crippen molar-refractivity contribution in [1.29, 1.82) is 0 Å². The minimum Gasteiger partial charge on any atom is -0.391 e. The molecular weight excluding hydrogens is 432 g/mol. The topological polar surface area (TPSA) is 82.1 Å². The van der Waals surface area contributed by atoms with Crippen molar-refractivity contribution in [1.82, 2.24) is 0 Å². The van der Waals surface area contributed by atoms with Gasteiger partial charge in [0.15, 0.2) is 11.6 Å². The van der Waals surface area contributed by atoms with E-state index in [0.717, 1.165) is 24.8 Å². The van der Waals surface area contributed by atoms with Crippen LogP contribution in [0.3, 0.4) is 0 Å². The van der Waals surface area contributed by atoms with Gasteiger partial charge in [-0.1, -0.05) is 25.5 Å². The van der Waals surface area contributed by atoms with Crippen LogP contribution < -0.4 is 0 Å². The predicted octanol–water partition coefficient (Wildman–Crippen LogP) is 3.69. The van der Waals surface area contributed by atoms with E-state index in [2.05, 4.69) is 6.92 Å². The molecule has 1 aliphatic heterocycles. The maximum Gasteiger partial charge on any atom is 0.281 e. The molecule has 0 aromatic rings. The Morgan fingerprint density at radius 1 is 1.22 bits per heavy atom. The molecule has 8 atom stereocenters. The van der Waals surface area contributed by atoms with Gasteiger partial charge in [0.25, 0.3) is 5.97 Å². The van der Waals surface area contributed by atoms with E-state index in [0.29, 0.717) is 19.4 Å². The predicted molar refractivity (Wildman–Crippen MR) is 118 cm³/mol. The van der Waals surface area contributed by atoms with Gasteiger partial charge in [-0.3, -0.25) is 9.59 Å². The summed E-state index contributed by atoms with van der Waals surface area (Å²) in [4.78, 5) is 24.5. The first-order chi connectivity index (χ1) is 15.0. The van der Waals surface area contributed by atoms with E-state index in [4.69, 9.17) is 25.8 Å². The smallest absolute Gasteiger partial charge is 0.281 e. The fourth-order valence-electron chi connectivity index (χ4n) is 7.87. The Bertz CT molecular complexity index is 929. The standard InChI is InChI=1S/C25H33ClO6/c1-5-30-23(4)31-14-20(29)24(32-23)11-9-17-18-7-6-15-12-16(27)8-10-21(15,2)25(18,26)19(28)13-22(17,24)3/h8,10,12,17-19,28H,5-7,9,11,13-14H2,1-4H3/t17-,18-,19-,21-,22-,23?,24-,25-/m0/s1. The van der Waals surface area contributed by atoms with Crippen LogP contribution in [-0.2, 0) is 23.8 Å². The van der Waals surface area contributed by atoms with E-state index in [1.54, 1.807) is 19.1 Å². The first-order valence-electron chi connectivity index (χ1n) is 11.8. The van der Waals surface area contributed by atoms with E-state index in [9.17, 15) is 14.7 Å². The van der Waals surface area contributed by atoms with Crippen LogP contribution >= 0.6 is 11.6 Å². The lowest BCUT2D eigenvalue weighted by atomic mass is 9.45. The summed E-state index contributed by atoms with van der Waals surface area (Å²) in [6.07, 6.45) is 7.51. The number of hydrogen-bond acceptors (Lipinski definition) is 6. The SMILES string of the molecule is CCOC1(C)OCC(=O)[C@]2(CC[C@H]3[C@@H]4CCC5=CC(=O)C=C[C@]5(C)[C@@]4(Cl)[C@@H](O)C[C@@]32C)O1. The average Bonchev–Trinajstić information content (AvgIpc) is 3.00. The van der Waals surface area contributed by atoms with Gasteiger partial charge in [-0.05, 0) is 63.0 Å². The summed E-state index contributed by atoms with van der Waals surface area (Å²) in [6, 6.07) is 0. The van der Waals surface area contributed by atoms with Crippen LogP contribution in [-0.4, -0.2) is 52.4 Å². The Labute approximate surface area is 194 Å². The van der Waals surface area contributed by atoms with E-state index in [1.807, 2.05) is 19.9 Å². The van der Waals surface area contributed by atoms with Crippen molar-refractivity contribution >= 4 is 23.2 Å². The first-order valence-corrected chi connectivity index (χ1v) is 12.2. The fraction of sp³-hybridized carbons (Fsp3) is 0.760. The van der Waals surface area contributed by atoms with Gasteiger partial charge in [-0.15, -0.1) is 11.6 Å². The molecule has 32 heavy (non-hydrogen) atoms. The molecule has 0 radical (unpaired) electrons. The van der Waals surface area contributed by atoms with Gasteiger partial charge < -0.3 is 19.3 Å². The van der Waals surface area contributed by atoms with E-state index < -0.39 is 33.4 Å². The van der Waals surface area contributed by atoms with Gasteiger partial charge in [0.05, 0.1) is 11.0 Å². The number of alkyl halides is 1. The molecule has 1 heterocycles. The highest BCUT2D eigenvalue weighted by atomic mass is 35.5. The van der Waals surface area contributed by atoms with Crippen LogP contribution in [0.25, 0.3) is 0 Å². The van der Waals surface area contributed by atoms with Crippen LogP contribution in [0.4, 0.5) is 0 Å². The molecule has 176 valence electrons. The third-order valence-corrected chi connectivity index (χ3v) is 10.4. The lowest BCUT2D eigenvalue weighted by Gasteiger charge is -2.64. The van der Waals surface area contributed by atoms with Crippen molar-refractivity contribution in [3.8, 4) is 0 Å². The van der Waals surface area contributed by atoms with Crippen molar-refractivity contribution in [2.24, 2.45) is 22.7 Å². The zero-order chi connectivity index (χ0) is 23.2. The molecular formula is C25H33ClO6. The number of fused-ring (bicyclic) bond motifs is 6. The third-order valence-electron chi connectivity index (χ3n) is 9.44. The van der Waals surface area contributed by atoms with Gasteiger partial charge in [0.1, 0.15) is 12.2 Å². The summed E-state index contributed by atoms with van der Waals surface area (Å²) in [5.74, 6) is -1.32. The number of halogens is 1. The number of Topliss-reactive ketones (excluding diaryl/α,β-unsaturated/α-hetero) is 1. The second-order valence-electron chi connectivity index (χ2n) is 10.7. The van der Waals surface area contributed by atoms with Crippen LogP contribution in [0.1, 0.15) is 59.8 Å². The molecule has 0 amide bonds. The number of ether oxygens (including phenoxy) is 3. The molecule has 0 aromatic heterocycles. The Balaban J connectivity index is 1.57. The molecule has 1 N–H and O–H groups in total. The molecule has 7 heteroatoms. The number of aliphatic hydroxyl groups excluding tert-OH is 1. The highest BCUT2D eigenvalue weighted by Gasteiger charge is 2.75. The zero-order valence-corrected chi connectivity index (χ0v) is 20.0. The van der Waals surface area contributed by atoms with E-state index >= 15 is 0 Å². The summed E-state index contributed by atoms with van der Waals surface area (Å²) in [5, 5.41) is 11.7. The Morgan fingerprint density at radius 2 is 1.97 bits per heavy atom. The highest BCUT2D eigenvalue weighted by molar-refractivity contribution is 6.26. The van der Waals surface area contributed by atoms with Crippen molar-refractivity contribution in [3.63, 3.8) is 0 Å². The Hall–Kier alpha value is -1.05. The maximum atomic E-state index is 13.4. The molecule has 1 saturated heterocycles. The molecule has 5 aliphatic rings. The number of carbonyl (C=O) groups is 2. The van der Waals surface area contributed by atoms with Gasteiger partial charge in [-0.2, -0.15) is 0 Å². The summed E-state index contributed by atoms with van der Waals surface area (Å²) in [7, 11) is 0. The van der Waals surface area contributed by atoms with E-state index in [-0.39, 0.29) is 30.0 Å². The van der Waals surface area contributed by atoms with Gasteiger partial charge >= 0.3 is 0 Å². The average molecular weight is 465 g/mol. The van der Waals surface area contributed by atoms with Crippen LogP contribution in [0.5, 0.6) is 0 Å². The van der Waals surface area contributed by atoms with Crippen LogP contribution in [0.2, 0.25) is 0 Å². The van der Waals surface area contributed by atoms with Crippen molar-refractivity contribution in [2.45, 2.75) is 82.4 Å². The second-order valence-corrected chi connectivity index (χ2v) is 11.4. The van der Waals surface area contributed by atoms with E-state index in [1.165, 1.54) is 0 Å². The molecule has 1 spiro atoms. The summed E-state index contributed by atoms with van der Waals surface area (Å²) in [5.41, 5.74) is -1.29. The summed E-state index contributed by atoms with van der Waals surface area (Å²) >= 11 is 7.46.